The monoisotopic (exact) mass is 188 g/mol. The average Bonchev–Trinajstić information content (AvgIpc) is 2.14. The molecule has 0 aromatic carbocycles. The van der Waals surface area contributed by atoms with Gasteiger partial charge in [0.15, 0.2) is 0 Å². The molecule has 0 spiro atoms. The molecule has 0 amide bonds. The number of hydrogen-bond acceptors (Lipinski definition) is 2. The predicted molar refractivity (Wildman–Crippen MR) is 56.0 cm³/mol. The zero-order chi connectivity index (χ0) is 10.1. The Labute approximate surface area is 82.6 Å². The van der Waals surface area contributed by atoms with Gasteiger partial charge in [0.2, 0.25) is 0 Å². The lowest BCUT2D eigenvalue weighted by Crippen LogP contribution is -2.20. The average molecular weight is 188 g/mol. The molecule has 0 aliphatic heterocycles. The molecule has 0 aliphatic carbocycles. The van der Waals surface area contributed by atoms with Gasteiger partial charge in [-0.3, -0.25) is 0 Å². The molecule has 0 bridgehead atoms. The van der Waals surface area contributed by atoms with Gasteiger partial charge >= 0.3 is 0 Å². The maximum atomic E-state index is 5.59. The fourth-order valence-electron chi connectivity index (χ4n) is 1.41. The van der Waals surface area contributed by atoms with Crippen LogP contribution in [0.5, 0.6) is 0 Å². The molecular weight excluding hydrogens is 164 g/mol. The number of ether oxygens (including phenoxy) is 2. The summed E-state index contributed by atoms with van der Waals surface area (Å²) in [5.74, 6) is 0. The van der Waals surface area contributed by atoms with E-state index < -0.39 is 0 Å². The lowest BCUT2D eigenvalue weighted by Gasteiger charge is -2.19. The predicted octanol–water partition coefficient (Wildman–Crippen LogP) is 3.01. The Kier molecular flexibility index (Phi) is 8.46. The molecule has 0 rings (SSSR count). The van der Waals surface area contributed by atoms with Crippen LogP contribution < -0.4 is 0 Å². The summed E-state index contributed by atoms with van der Waals surface area (Å²) in [5.41, 5.74) is 0. The molecule has 0 aliphatic rings. The van der Waals surface area contributed by atoms with Crippen molar-refractivity contribution in [2.45, 2.75) is 58.7 Å². The van der Waals surface area contributed by atoms with Gasteiger partial charge in [-0.15, -0.1) is 0 Å². The Hall–Kier alpha value is -0.0800. The number of hydrogen-bond donors (Lipinski definition) is 0. The first kappa shape index (κ1) is 12.9. The minimum absolute atomic E-state index is 0.330. The zero-order valence-electron chi connectivity index (χ0n) is 9.51. The summed E-state index contributed by atoms with van der Waals surface area (Å²) < 4.78 is 11.0. The summed E-state index contributed by atoms with van der Waals surface area (Å²) in [6, 6.07) is 0. The molecular formula is C11H24O2. The van der Waals surface area contributed by atoms with Crippen molar-refractivity contribution >= 4 is 0 Å². The van der Waals surface area contributed by atoms with Crippen LogP contribution in [0, 0.1) is 0 Å². The van der Waals surface area contributed by atoms with Crippen LogP contribution in [0.3, 0.4) is 0 Å². The largest absolute Gasteiger partial charge is 0.381 e. The Morgan fingerprint density at radius 3 is 2.31 bits per heavy atom. The molecule has 2 atom stereocenters. The maximum Gasteiger partial charge on any atom is 0.0595 e. The molecule has 0 heterocycles. The SMILES string of the molecule is CCCOC(C)CC(CCC)OC. The molecule has 0 radical (unpaired) electrons. The van der Waals surface area contributed by atoms with Crippen LogP contribution in [0.4, 0.5) is 0 Å². The summed E-state index contributed by atoms with van der Waals surface area (Å²) in [7, 11) is 1.78. The van der Waals surface area contributed by atoms with Gasteiger partial charge in [-0.2, -0.15) is 0 Å². The van der Waals surface area contributed by atoms with E-state index in [9.17, 15) is 0 Å². The fourth-order valence-corrected chi connectivity index (χ4v) is 1.41. The molecule has 13 heavy (non-hydrogen) atoms. The highest BCUT2D eigenvalue weighted by atomic mass is 16.5. The topological polar surface area (TPSA) is 18.5 Å². The van der Waals surface area contributed by atoms with Crippen molar-refractivity contribution in [3.05, 3.63) is 0 Å². The van der Waals surface area contributed by atoms with Crippen molar-refractivity contribution in [1.29, 1.82) is 0 Å². The van der Waals surface area contributed by atoms with E-state index in [1.54, 1.807) is 7.11 Å². The molecule has 0 saturated carbocycles. The van der Waals surface area contributed by atoms with Gasteiger partial charge in [-0.1, -0.05) is 20.3 Å². The van der Waals surface area contributed by atoms with E-state index in [2.05, 4.69) is 20.8 Å². The van der Waals surface area contributed by atoms with E-state index in [1.807, 2.05) is 0 Å². The lowest BCUT2D eigenvalue weighted by molar-refractivity contribution is 0.00524. The van der Waals surface area contributed by atoms with Crippen molar-refractivity contribution in [3.8, 4) is 0 Å². The molecule has 2 nitrogen and oxygen atoms in total. The quantitative estimate of drug-likeness (QED) is 0.583. The first-order valence-electron chi connectivity index (χ1n) is 5.38. The lowest BCUT2D eigenvalue weighted by atomic mass is 10.1. The van der Waals surface area contributed by atoms with Crippen LogP contribution >= 0.6 is 0 Å². The van der Waals surface area contributed by atoms with Crippen molar-refractivity contribution in [1.82, 2.24) is 0 Å². The van der Waals surface area contributed by atoms with Gasteiger partial charge in [-0.05, 0) is 26.2 Å². The second kappa shape index (κ2) is 8.52. The highest BCUT2D eigenvalue weighted by molar-refractivity contribution is 4.62. The Morgan fingerprint density at radius 2 is 1.85 bits per heavy atom. The smallest absolute Gasteiger partial charge is 0.0595 e. The van der Waals surface area contributed by atoms with Crippen LogP contribution in [-0.4, -0.2) is 25.9 Å². The van der Waals surface area contributed by atoms with E-state index in [0.717, 1.165) is 25.9 Å². The van der Waals surface area contributed by atoms with Crippen LogP contribution in [0.1, 0.15) is 46.5 Å². The van der Waals surface area contributed by atoms with Gasteiger partial charge < -0.3 is 9.47 Å². The van der Waals surface area contributed by atoms with Crippen molar-refractivity contribution in [2.24, 2.45) is 0 Å². The second-order valence-corrected chi connectivity index (χ2v) is 3.56. The Bertz CT molecular complexity index is 104. The first-order chi connectivity index (χ1) is 6.24. The molecule has 0 aromatic heterocycles. The van der Waals surface area contributed by atoms with Crippen LogP contribution in [0.25, 0.3) is 0 Å². The van der Waals surface area contributed by atoms with E-state index in [-0.39, 0.29) is 0 Å². The normalized spacial score (nSPS) is 15.7. The molecule has 2 heteroatoms. The van der Waals surface area contributed by atoms with Gasteiger partial charge in [0.25, 0.3) is 0 Å². The summed E-state index contributed by atoms with van der Waals surface area (Å²) in [6.07, 6.45) is 5.13. The van der Waals surface area contributed by atoms with Crippen molar-refractivity contribution < 1.29 is 9.47 Å². The van der Waals surface area contributed by atoms with Crippen molar-refractivity contribution in [3.63, 3.8) is 0 Å². The third-order valence-corrected chi connectivity index (χ3v) is 2.15. The Balaban J connectivity index is 3.53. The standard InChI is InChI=1S/C11H24O2/c1-5-7-11(12-4)9-10(3)13-8-6-2/h10-11H,5-9H2,1-4H3. The van der Waals surface area contributed by atoms with Crippen molar-refractivity contribution in [2.75, 3.05) is 13.7 Å². The van der Waals surface area contributed by atoms with E-state index in [0.29, 0.717) is 12.2 Å². The number of rotatable bonds is 8. The third-order valence-electron chi connectivity index (χ3n) is 2.15. The minimum atomic E-state index is 0.330. The summed E-state index contributed by atoms with van der Waals surface area (Å²) >= 11 is 0. The zero-order valence-corrected chi connectivity index (χ0v) is 9.51. The van der Waals surface area contributed by atoms with Gasteiger partial charge in [0.1, 0.15) is 0 Å². The molecule has 2 unspecified atom stereocenters. The van der Waals surface area contributed by atoms with E-state index >= 15 is 0 Å². The summed E-state index contributed by atoms with van der Waals surface area (Å²) in [6.45, 7) is 7.30. The number of methoxy groups -OCH3 is 1. The summed E-state index contributed by atoms with van der Waals surface area (Å²) in [5, 5.41) is 0. The minimum Gasteiger partial charge on any atom is -0.381 e. The summed E-state index contributed by atoms with van der Waals surface area (Å²) in [4.78, 5) is 0. The molecule has 0 N–H and O–H groups in total. The third kappa shape index (κ3) is 7.03. The van der Waals surface area contributed by atoms with Crippen LogP contribution in [0.15, 0.2) is 0 Å². The Morgan fingerprint density at radius 1 is 1.15 bits per heavy atom. The maximum absolute atomic E-state index is 5.59. The highest BCUT2D eigenvalue weighted by Crippen LogP contribution is 2.10. The van der Waals surface area contributed by atoms with Gasteiger partial charge in [0.05, 0.1) is 12.2 Å². The second-order valence-electron chi connectivity index (χ2n) is 3.56. The van der Waals surface area contributed by atoms with Gasteiger partial charge in [-0.25, -0.2) is 0 Å². The van der Waals surface area contributed by atoms with Crippen LogP contribution in [-0.2, 0) is 9.47 Å². The first-order valence-corrected chi connectivity index (χ1v) is 5.38. The van der Waals surface area contributed by atoms with Gasteiger partial charge in [0, 0.05) is 13.7 Å². The highest BCUT2D eigenvalue weighted by Gasteiger charge is 2.11. The van der Waals surface area contributed by atoms with E-state index in [4.69, 9.17) is 9.47 Å². The molecule has 0 saturated heterocycles. The molecule has 0 aromatic rings. The molecule has 0 fully saturated rings. The fraction of sp³-hybridized carbons (Fsp3) is 1.00. The van der Waals surface area contributed by atoms with Crippen LogP contribution in [0.2, 0.25) is 0 Å². The molecule has 80 valence electrons. The van der Waals surface area contributed by atoms with E-state index in [1.165, 1.54) is 6.42 Å².